The van der Waals surface area contributed by atoms with Crippen LogP contribution >= 0.6 is 0 Å². The van der Waals surface area contributed by atoms with Crippen LogP contribution in [0.4, 0.5) is 0 Å². The summed E-state index contributed by atoms with van der Waals surface area (Å²) in [5.41, 5.74) is 0.806. The number of methoxy groups -OCH3 is 1. The number of hydrogen-bond donors (Lipinski definition) is 5. The average Bonchev–Trinajstić information content (AvgIpc) is 3.17. The Kier molecular flexibility index (Phi) is 5.84. The number of para-hydroxylation sites is 1. The predicted octanol–water partition coefficient (Wildman–Crippen LogP) is -0.116. The van der Waals surface area contributed by atoms with Crippen molar-refractivity contribution in [3.8, 4) is 5.75 Å². The lowest BCUT2D eigenvalue weighted by molar-refractivity contribution is -0.277. The smallest absolute Gasteiger partial charge is 0.356 e. The SMILES string of the molecule is COC(=O)c1cc2c([nH]c3c(O[C@@H]4O[C@H](CO)[C@@H](O)[C@H](O)[C@H]4O)cccc32)c(C(C)=O)n1. The Morgan fingerprint density at radius 3 is 2.53 bits per heavy atom. The summed E-state index contributed by atoms with van der Waals surface area (Å²) in [6.45, 7) is 0.727. The number of nitrogens with zero attached hydrogens (tertiary/aromatic N) is 1. The first kappa shape index (κ1) is 22.1. The van der Waals surface area contributed by atoms with E-state index in [4.69, 9.17) is 14.2 Å². The molecule has 0 saturated carbocycles. The van der Waals surface area contributed by atoms with Crippen LogP contribution in [-0.4, -0.2) is 86.6 Å². The van der Waals surface area contributed by atoms with Crippen molar-refractivity contribution >= 4 is 33.6 Å². The minimum Gasteiger partial charge on any atom is -0.464 e. The van der Waals surface area contributed by atoms with E-state index < -0.39 is 43.3 Å². The third-order valence-corrected chi connectivity index (χ3v) is 5.41. The number of H-pyrrole nitrogens is 1. The molecular formula is C21H22N2O9. The Hall–Kier alpha value is -3.09. The highest BCUT2D eigenvalue weighted by Crippen LogP contribution is 2.35. The molecule has 1 saturated heterocycles. The molecule has 4 rings (SSSR count). The molecule has 5 N–H and O–H groups in total. The van der Waals surface area contributed by atoms with Gasteiger partial charge in [0, 0.05) is 17.7 Å². The lowest BCUT2D eigenvalue weighted by Gasteiger charge is -2.39. The number of aromatic nitrogens is 2. The molecule has 32 heavy (non-hydrogen) atoms. The van der Waals surface area contributed by atoms with Crippen LogP contribution in [0.5, 0.6) is 5.75 Å². The van der Waals surface area contributed by atoms with E-state index in [0.29, 0.717) is 21.8 Å². The van der Waals surface area contributed by atoms with Gasteiger partial charge in [-0.15, -0.1) is 0 Å². The second kappa shape index (κ2) is 8.45. The van der Waals surface area contributed by atoms with Gasteiger partial charge in [-0.25, -0.2) is 9.78 Å². The molecule has 170 valence electrons. The highest BCUT2D eigenvalue weighted by molar-refractivity contribution is 6.16. The molecule has 3 aromatic rings. The maximum Gasteiger partial charge on any atom is 0.356 e. The number of aliphatic hydroxyl groups is 4. The van der Waals surface area contributed by atoms with Crippen LogP contribution in [0.25, 0.3) is 21.8 Å². The van der Waals surface area contributed by atoms with Gasteiger partial charge >= 0.3 is 5.97 Å². The van der Waals surface area contributed by atoms with Crippen molar-refractivity contribution in [2.75, 3.05) is 13.7 Å². The summed E-state index contributed by atoms with van der Waals surface area (Å²) in [7, 11) is 1.21. The number of hydrogen-bond acceptors (Lipinski definition) is 10. The maximum atomic E-state index is 12.2. The quantitative estimate of drug-likeness (QED) is 0.263. The topological polar surface area (TPSA) is 171 Å². The summed E-state index contributed by atoms with van der Waals surface area (Å²) in [6.07, 6.45) is -7.22. The van der Waals surface area contributed by atoms with E-state index in [-0.39, 0.29) is 22.9 Å². The lowest BCUT2D eigenvalue weighted by atomic mass is 9.99. The summed E-state index contributed by atoms with van der Waals surface area (Å²) in [6, 6.07) is 6.45. The van der Waals surface area contributed by atoms with E-state index in [2.05, 4.69) is 9.97 Å². The molecule has 0 amide bonds. The lowest BCUT2D eigenvalue weighted by Crippen LogP contribution is -2.60. The van der Waals surface area contributed by atoms with Gasteiger partial charge in [-0.3, -0.25) is 4.79 Å². The molecule has 0 radical (unpaired) electrons. The van der Waals surface area contributed by atoms with Crippen LogP contribution in [0.3, 0.4) is 0 Å². The van der Waals surface area contributed by atoms with E-state index in [1.165, 1.54) is 20.1 Å². The number of fused-ring (bicyclic) bond motifs is 3. The van der Waals surface area contributed by atoms with Crippen molar-refractivity contribution in [2.24, 2.45) is 0 Å². The monoisotopic (exact) mass is 446 g/mol. The van der Waals surface area contributed by atoms with E-state index in [9.17, 15) is 30.0 Å². The first-order chi connectivity index (χ1) is 15.3. The van der Waals surface area contributed by atoms with Gasteiger partial charge in [0.1, 0.15) is 41.6 Å². The second-order valence-corrected chi connectivity index (χ2v) is 7.45. The van der Waals surface area contributed by atoms with Gasteiger partial charge in [-0.1, -0.05) is 12.1 Å². The van der Waals surface area contributed by atoms with Crippen molar-refractivity contribution in [1.29, 1.82) is 0 Å². The fourth-order valence-corrected chi connectivity index (χ4v) is 3.75. The molecule has 11 heteroatoms. The molecule has 1 aromatic carbocycles. The molecule has 2 aromatic heterocycles. The first-order valence-electron chi connectivity index (χ1n) is 9.78. The number of ketones is 1. The first-order valence-corrected chi connectivity index (χ1v) is 9.78. The zero-order valence-corrected chi connectivity index (χ0v) is 17.2. The Morgan fingerprint density at radius 1 is 1.12 bits per heavy atom. The molecule has 3 heterocycles. The number of aromatic amines is 1. The number of ether oxygens (including phenoxy) is 3. The summed E-state index contributed by atoms with van der Waals surface area (Å²) in [5, 5.41) is 40.7. The Labute approximate surface area is 181 Å². The molecule has 1 aliphatic heterocycles. The standard InChI is InChI=1S/C21H22N2O9/c1-8(25)14-16-10(6-11(22-14)20(29)30-2)9-4-3-5-12(15(9)23-16)31-21-19(28)18(27)17(26)13(7-24)32-21/h3-6,13,17-19,21,23-24,26-28H,7H2,1-2H3/t13-,17-,18+,19-,21-/m1/s1. The van der Waals surface area contributed by atoms with E-state index >= 15 is 0 Å². The zero-order valence-electron chi connectivity index (χ0n) is 17.2. The molecule has 0 bridgehead atoms. The Balaban J connectivity index is 1.82. The number of Topliss-reactive ketones (excluding diaryl/α,β-unsaturated/α-hetero) is 1. The van der Waals surface area contributed by atoms with Crippen molar-refractivity contribution in [3.05, 3.63) is 35.7 Å². The van der Waals surface area contributed by atoms with E-state index in [1.807, 2.05) is 0 Å². The Morgan fingerprint density at radius 2 is 1.88 bits per heavy atom. The van der Waals surface area contributed by atoms with E-state index in [1.54, 1.807) is 18.2 Å². The number of benzene rings is 1. The van der Waals surface area contributed by atoms with Gasteiger partial charge in [-0.05, 0) is 12.1 Å². The summed E-state index contributed by atoms with van der Waals surface area (Å²) in [5.74, 6) is -0.863. The molecule has 1 fully saturated rings. The van der Waals surface area contributed by atoms with Crippen LogP contribution < -0.4 is 4.74 Å². The van der Waals surface area contributed by atoms with Crippen LogP contribution in [-0.2, 0) is 9.47 Å². The predicted molar refractivity (Wildman–Crippen MR) is 109 cm³/mol. The number of carbonyl (C=O) groups is 2. The van der Waals surface area contributed by atoms with Gasteiger partial charge < -0.3 is 39.6 Å². The minimum absolute atomic E-state index is 0.0358. The third-order valence-electron chi connectivity index (χ3n) is 5.41. The molecule has 0 unspecified atom stereocenters. The largest absolute Gasteiger partial charge is 0.464 e. The van der Waals surface area contributed by atoms with Gasteiger partial charge in [0.2, 0.25) is 6.29 Å². The number of rotatable bonds is 5. The van der Waals surface area contributed by atoms with E-state index in [0.717, 1.165) is 0 Å². The summed E-state index contributed by atoms with van der Waals surface area (Å²) < 4.78 is 15.9. The van der Waals surface area contributed by atoms with Gasteiger partial charge in [0.25, 0.3) is 0 Å². The molecule has 0 spiro atoms. The van der Waals surface area contributed by atoms with Crippen LogP contribution in [0.1, 0.15) is 27.9 Å². The number of nitrogens with one attached hydrogen (secondary N) is 1. The summed E-state index contributed by atoms with van der Waals surface area (Å²) in [4.78, 5) is 31.4. The van der Waals surface area contributed by atoms with Crippen molar-refractivity contribution in [3.63, 3.8) is 0 Å². The highest BCUT2D eigenvalue weighted by Gasteiger charge is 2.44. The fraction of sp³-hybridized carbons (Fsp3) is 0.381. The van der Waals surface area contributed by atoms with Gasteiger partial charge in [-0.2, -0.15) is 0 Å². The summed E-state index contributed by atoms with van der Waals surface area (Å²) >= 11 is 0. The minimum atomic E-state index is -1.59. The second-order valence-electron chi connectivity index (χ2n) is 7.45. The zero-order chi connectivity index (χ0) is 23.2. The van der Waals surface area contributed by atoms with Crippen LogP contribution in [0.15, 0.2) is 24.3 Å². The molecule has 1 aliphatic rings. The van der Waals surface area contributed by atoms with Crippen LogP contribution in [0, 0.1) is 0 Å². The van der Waals surface area contributed by atoms with Gasteiger partial charge in [0.15, 0.2) is 5.78 Å². The van der Waals surface area contributed by atoms with Crippen LogP contribution in [0.2, 0.25) is 0 Å². The highest BCUT2D eigenvalue weighted by atomic mass is 16.7. The van der Waals surface area contributed by atoms with Crippen molar-refractivity contribution < 1.29 is 44.2 Å². The number of esters is 1. The third kappa shape index (κ3) is 3.59. The fourth-order valence-electron chi connectivity index (χ4n) is 3.75. The molecule has 11 nitrogen and oxygen atoms in total. The molecule has 0 aliphatic carbocycles. The normalized spacial score (nSPS) is 25.8. The number of pyridine rings is 1. The van der Waals surface area contributed by atoms with Crippen molar-refractivity contribution in [2.45, 2.75) is 37.6 Å². The maximum absolute atomic E-state index is 12.2. The average molecular weight is 446 g/mol. The Bertz CT molecular complexity index is 1190. The number of carbonyl (C=O) groups excluding carboxylic acids is 2. The molecule has 5 atom stereocenters. The van der Waals surface area contributed by atoms with Crippen molar-refractivity contribution in [1.82, 2.24) is 9.97 Å². The van der Waals surface area contributed by atoms with Gasteiger partial charge in [0.05, 0.1) is 24.8 Å². The molecular weight excluding hydrogens is 424 g/mol. The number of aliphatic hydroxyl groups excluding tert-OH is 4.